The molecule has 1 aromatic rings. The Morgan fingerprint density at radius 2 is 1.82 bits per heavy atom. The Morgan fingerprint density at radius 1 is 1.24 bits per heavy atom. The molecule has 1 aliphatic heterocycles. The SMILES string of the molecule is NC(=O)C(Oc1ccc(N)cc1)N1CCCC1. The highest BCUT2D eigenvalue weighted by molar-refractivity contribution is 5.78. The minimum absolute atomic E-state index is 0.455. The quantitative estimate of drug-likeness (QED) is 0.747. The van der Waals surface area contributed by atoms with Crippen LogP contribution in [0.4, 0.5) is 5.69 Å². The van der Waals surface area contributed by atoms with Gasteiger partial charge in [0.15, 0.2) is 0 Å². The number of hydrogen-bond acceptors (Lipinski definition) is 4. The average Bonchev–Trinajstić information content (AvgIpc) is 2.81. The summed E-state index contributed by atoms with van der Waals surface area (Å²) in [6.45, 7) is 1.70. The highest BCUT2D eigenvalue weighted by Crippen LogP contribution is 2.18. The number of anilines is 1. The normalized spacial score (nSPS) is 17.9. The first-order valence-corrected chi connectivity index (χ1v) is 5.72. The first-order chi connectivity index (χ1) is 8.16. The fourth-order valence-electron chi connectivity index (χ4n) is 1.96. The molecule has 0 radical (unpaired) electrons. The summed E-state index contributed by atoms with van der Waals surface area (Å²) in [4.78, 5) is 13.3. The third-order valence-electron chi connectivity index (χ3n) is 2.84. The van der Waals surface area contributed by atoms with E-state index in [4.69, 9.17) is 16.2 Å². The summed E-state index contributed by atoms with van der Waals surface area (Å²) in [7, 11) is 0. The van der Waals surface area contributed by atoms with Crippen LogP contribution >= 0.6 is 0 Å². The molecule has 0 saturated carbocycles. The second-order valence-corrected chi connectivity index (χ2v) is 4.18. The van der Waals surface area contributed by atoms with Gasteiger partial charge >= 0.3 is 0 Å². The zero-order valence-corrected chi connectivity index (χ0v) is 9.63. The van der Waals surface area contributed by atoms with Crippen LogP contribution in [0.1, 0.15) is 12.8 Å². The van der Waals surface area contributed by atoms with Crippen LogP contribution in [0.2, 0.25) is 0 Å². The van der Waals surface area contributed by atoms with E-state index < -0.39 is 12.1 Å². The second-order valence-electron chi connectivity index (χ2n) is 4.18. The van der Waals surface area contributed by atoms with Gasteiger partial charge in [0.25, 0.3) is 5.91 Å². The summed E-state index contributed by atoms with van der Waals surface area (Å²) in [5, 5.41) is 0. The van der Waals surface area contributed by atoms with Crippen molar-refractivity contribution in [2.24, 2.45) is 5.73 Å². The van der Waals surface area contributed by atoms with E-state index in [1.54, 1.807) is 24.3 Å². The number of rotatable bonds is 4. The van der Waals surface area contributed by atoms with Crippen LogP contribution in [0.5, 0.6) is 5.75 Å². The lowest BCUT2D eigenvalue weighted by molar-refractivity contribution is -0.132. The van der Waals surface area contributed by atoms with Gasteiger partial charge in [-0.05, 0) is 37.1 Å². The Bertz CT molecular complexity index is 385. The molecular formula is C12H17N3O2. The molecule has 0 aromatic heterocycles. The summed E-state index contributed by atoms with van der Waals surface area (Å²) < 4.78 is 5.61. The molecule has 2 rings (SSSR count). The minimum atomic E-state index is -0.680. The van der Waals surface area contributed by atoms with Gasteiger partial charge in [0.2, 0.25) is 6.23 Å². The van der Waals surface area contributed by atoms with Crippen molar-refractivity contribution in [2.75, 3.05) is 18.8 Å². The van der Waals surface area contributed by atoms with Crippen LogP contribution in [-0.2, 0) is 4.79 Å². The van der Waals surface area contributed by atoms with E-state index in [1.807, 2.05) is 4.90 Å². The summed E-state index contributed by atoms with van der Waals surface area (Å²) in [5.41, 5.74) is 11.6. The monoisotopic (exact) mass is 235 g/mol. The molecule has 1 heterocycles. The third kappa shape index (κ3) is 2.88. The first kappa shape index (κ1) is 11.7. The molecular weight excluding hydrogens is 218 g/mol. The fourth-order valence-corrected chi connectivity index (χ4v) is 1.96. The highest BCUT2D eigenvalue weighted by Gasteiger charge is 2.27. The number of primary amides is 1. The number of benzene rings is 1. The van der Waals surface area contributed by atoms with E-state index in [0.717, 1.165) is 25.9 Å². The molecule has 1 aliphatic rings. The lowest BCUT2D eigenvalue weighted by Gasteiger charge is -2.25. The van der Waals surface area contributed by atoms with Crippen LogP contribution in [0.3, 0.4) is 0 Å². The van der Waals surface area contributed by atoms with E-state index >= 15 is 0 Å². The van der Waals surface area contributed by atoms with Gasteiger partial charge in [-0.1, -0.05) is 0 Å². The molecule has 5 nitrogen and oxygen atoms in total. The zero-order chi connectivity index (χ0) is 12.3. The molecule has 17 heavy (non-hydrogen) atoms. The van der Waals surface area contributed by atoms with Crippen LogP contribution in [0.25, 0.3) is 0 Å². The molecule has 4 N–H and O–H groups in total. The lowest BCUT2D eigenvalue weighted by atomic mass is 10.3. The number of nitrogens with two attached hydrogens (primary N) is 2. The van der Waals surface area contributed by atoms with Crippen molar-refractivity contribution < 1.29 is 9.53 Å². The predicted octanol–water partition coefficient (Wildman–Crippen LogP) is 0.555. The van der Waals surface area contributed by atoms with Crippen molar-refractivity contribution in [2.45, 2.75) is 19.1 Å². The smallest absolute Gasteiger partial charge is 0.274 e. The van der Waals surface area contributed by atoms with Crippen LogP contribution < -0.4 is 16.2 Å². The second kappa shape index (κ2) is 5.05. The number of carbonyl (C=O) groups excluding carboxylic acids is 1. The molecule has 5 heteroatoms. The fraction of sp³-hybridized carbons (Fsp3) is 0.417. The Balaban J connectivity index is 2.06. The van der Waals surface area contributed by atoms with E-state index in [1.165, 1.54) is 0 Å². The van der Waals surface area contributed by atoms with Crippen molar-refractivity contribution in [3.63, 3.8) is 0 Å². The third-order valence-corrected chi connectivity index (χ3v) is 2.84. The molecule has 0 bridgehead atoms. The van der Waals surface area contributed by atoms with E-state index in [0.29, 0.717) is 11.4 Å². The van der Waals surface area contributed by atoms with Crippen LogP contribution in [-0.4, -0.2) is 30.1 Å². The van der Waals surface area contributed by atoms with Gasteiger partial charge in [-0.15, -0.1) is 0 Å². The van der Waals surface area contributed by atoms with Gasteiger partial charge < -0.3 is 16.2 Å². The Kier molecular flexibility index (Phi) is 3.49. The number of nitrogen functional groups attached to an aromatic ring is 1. The number of carbonyl (C=O) groups is 1. The molecule has 0 aliphatic carbocycles. The Hall–Kier alpha value is -1.75. The maximum absolute atomic E-state index is 11.4. The number of hydrogen-bond donors (Lipinski definition) is 2. The number of ether oxygens (including phenoxy) is 1. The van der Waals surface area contributed by atoms with E-state index in [9.17, 15) is 4.79 Å². The number of likely N-dealkylation sites (tertiary alicyclic amines) is 1. The topological polar surface area (TPSA) is 81.6 Å². The van der Waals surface area contributed by atoms with Gasteiger partial charge in [0.1, 0.15) is 5.75 Å². The Morgan fingerprint density at radius 3 is 2.35 bits per heavy atom. The van der Waals surface area contributed by atoms with Gasteiger partial charge in [-0.25, -0.2) is 0 Å². The summed E-state index contributed by atoms with van der Waals surface area (Å²) in [5.74, 6) is 0.152. The standard InChI is InChI=1S/C12H17N3O2/c13-9-3-5-10(6-4-9)17-12(11(14)16)15-7-1-2-8-15/h3-6,12H,1-2,7-8,13H2,(H2,14,16). The molecule has 1 amide bonds. The molecule has 1 saturated heterocycles. The average molecular weight is 235 g/mol. The van der Waals surface area contributed by atoms with Crippen molar-refractivity contribution in [3.8, 4) is 5.75 Å². The molecule has 1 unspecified atom stereocenters. The van der Waals surface area contributed by atoms with E-state index in [2.05, 4.69) is 0 Å². The van der Waals surface area contributed by atoms with Gasteiger partial charge in [-0.2, -0.15) is 0 Å². The molecule has 1 atom stereocenters. The van der Waals surface area contributed by atoms with Crippen molar-refractivity contribution in [1.29, 1.82) is 0 Å². The van der Waals surface area contributed by atoms with E-state index in [-0.39, 0.29) is 0 Å². The van der Waals surface area contributed by atoms with Gasteiger partial charge in [0.05, 0.1) is 0 Å². The number of amides is 1. The largest absolute Gasteiger partial charge is 0.466 e. The molecule has 1 fully saturated rings. The minimum Gasteiger partial charge on any atom is -0.466 e. The Labute approximate surface area is 100 Å². The van der Waals surface area contributed by atoms with Crippen LogP contribution in [0.15, 0.2) is 24.3 Å². The molecule has 1 aromatic carbocycles. The van der Waals surface area contributed by atoms with Gasteiger partial charge in [-0.3, -0.25) is 9.69 Å². The predicted molar refractivity (Wildman–Crippen MR) is 65.3 cm³/mol. The molecule has 0 spiro atoms. The lowest BCUT2D eigenvalue weighted by Crippen LogP contribution is -2.47. The number of nitrogens with zero attached hydrogens (tertiary/aromatic N) is 1. The van der Waals surface area contributed by atoms with Gasteiger partial charge in [0, 0.05) is 18.8 Å². The zero-order valence-electron chi connectivity index (χ0n) is 9.63. The molecule has 92 valence electrons. The van der Waals surface area contributed by atoms with Crippen molar-refractivity contribution in [1.82, 2.24) is 4.90 Å². The summed E-state index contributed by atoms with van der Waals surface area (Å²) >= 11 is 0. The van der Waals surface area contributed by atoms with Crippen molar-refractivity contribution in [3.05, 3.63) is 24.3 Å². The van der Waals surface area contributed by atoms with Crippen LogP contribution in [0, 0.1) is 0 Å². The maximum Gasteiger partial charge on any atom is 0.274 e. The summed E-state index contributed by atoms with van der Waals surface area (Å²) in [6.07, 6.45) is 1.48. The van der Waals surface area contributed by atoms with Crippen molar-refractivity contribution >= 4 is 11.6 Å². The summed E-state index contributed by atoms with van der Waals surface area (Å²) in [6, 6.07) is 6.94. The highest BCUT2D eigenvalue weighted by atomic mass is 16.5. The maximum atomic E-state index is 11.4. The first-order valence-electron chi connectivity index (χ1n) is 5.72.